The topological polar surface area (TPSA) is 12.0 Å². The molecule has 0 bridgehead atoms. The maximum atomic E-state index is 13.8. The maximum absolute atomic E-state index is 13.8. The van der Waals surface area contributed by atoms with E-state index in [1.165, 1.54) is 0 Å². The summed E-state index contributed by atoms with van der Waals surface area (Å²) in [6.07, 6.45) is 0. The third kappa shape index (κ3) is 2.50. The molecular formula is C16H12BrF2NS. The highest BCUT2D eigenvalue weighted by Crippen LogP contribution is 2.36. The molecule has 3 aromatic rings. The van der Waals surface area contributed by atoms with Crippen molar-refractivity contribution in [2.24, 2.45) is 0 Å². The van der Waals surface area contributed by atoms with Gasteiger partial charge in [-0.15, -0.1) is 11.3 Å². The first kappa shape index (κ1) is 14.6. The molecule has 1 nitrogen and oxygen atoms in total. The number of thiophene rings is 1. The Balaban J connectivity index is 2.19. The van der Waals surface area contributed by atoms with Gasteiger partial charge in [-0.2, -0.15) is 0 Å². The lowest BCUT2D eigenvalue weighted by atomic mass is 9.97. The molecule has 0 saturated heterocycles. The van der Waals surface area contributed by atoms with Gasteiger partial charge in [0.1, 0.15) is 0 Å². The lowest BCUT2D eigenvalue weighted by Crippen LogP contribution is -2.18. The number of rotatable bonds is 3. The predicted octanol–water partition coefficient (Wildman–Crippen LogP) is 5.25. The van der Waals surface area contributed by atoms with Crippen LogP contribution in [0.5, 0.6) is 0 Å². The minimum Gasteiger partial charge on any atom is -0.309 e. The Labute approximate surface area is 133 Å². The fourth-order valence-corrected chi connectivity index (χ4v) is 3.98. The van der Waals surface area contributed by atoms with Crippen molar-refractivity contribution in [3.63, 3.8) is 0 Å². The molecular weight excluding hydrogens is 356 g/mol. The van der Waals surface area contributed by atoms with Crippen molar-refractivity contribution in [2.75, 3.05) is 7.05 Å². The van der Waals surface area contributed by atoms with E-state index in [2.05, 4.69) is 27.3 Å². The Morgan fingerprint density at radius 3 is 2.67 bits per heavy atom. The van der Waals surface area contributed by atoms with Crippen LogP contribution in [-0.4, -0.2) is 7.05 Å². The molecule has 108 valence electrons. The van der Waals surface area contributed by atoms with Crippen LogP contribution in [0, 0.1) is 11.6 Å². The van der Waals surface area contributed by atoms with E-state index >= 15 is 0 Å². The van der Waals surface area contributed by atoms with E-state index in [9.17, 15) is 8.78 Å². The van der Waals surface area contributed by atoms with Gasteiger partial charge in [0.25, 0.3) is 0 Å². The third-order valence-electron chi connectivity index (χ3n) is 3.49. The zero-order valence-corrected chi connectivity index (χ0v) is 13.6. The van der Waals surface area contributed by atoms with Crippen molar-refractivity contribution in [1.29, 1.82) is 0 Å². The number of nitrogens with one attached hydrogen (secondary N) is 1. The van der Waals surface area contributed by atoms with Gasteiger partial charge in [-0.1, -0.05) is 24.3 Å². The van der Waals surface area contributed by atoms with Crippen molar-refractivity contribution >= 4 is 37.4 Å². The van der Waals surface area contributed by atoms with Gasteiger partial charge in [-0.3, -0.25) is 0 Å². The van der Waals surface area contributed by atoms with Gasteiger partial charge in [0, 0.05) is 4.70 Å². The quantitative estimate of drug-likeness (QED) is 0.623. The molecule has 5 heteroatoms. The van der Waals surface area contributed by atoms with E-state index < -0.39 is 11.6 Å². The van der Waals surface area contributed by atoms with Crippen LogP contribution >= 0.6 is 27.3 Å². The normalized spacial score (nSPS) is 12.8. The molecule has 2 aromatic carbocycles. The standard InChI is InChI=1S/C16H12BrF2NS/c1-20-15(10-5-6-12(18)14(19)13(10)17)11-4-2-3-9-7-8-21-16(9)11/h2-8,15,20H,1H3. The van der Waals surface area contributed by atoms with Crippen LogP contribution in [0.3, 0.4) is 0 Å². The molecule has 0 fully saturated rings. The molecule has 0 aliphatic rings. The van der Waals surface area contributed by atoms with Crippen LogP contribution < -0.4 is 5.32 Å². The minimum absolute atomic E-state index is 0.162. The molecule has 0 amide bonds. The van der Waals surface area contributed by atoms with Crippen LogP contribution in [0.4, 0.5) is 8.78 Å². The van der Waals surface area contributed by atoms with Gasteiger partial charge >= 0.3 is 0 Å². The Hall–Kier alpha value is -1.30. The summed E-state index contributed by atoms with van der Waals surface area (Å²) in [5, 5.41) is 6.37. The molecule has 0 radical (unpaired) electrons. The fraction of sp³-hybridized carbons (Fsp3) is 0.125. The van der Waals surface area contributed by atoms with E-state index in [0.29, 0.717) is 5.56 Å². The summed E-state index contributed by atoms with van der Waals surface area (Å²) in [6.45, 7) is 0. The molecule has 0 spiro atoms. The highest BCUT2D eigenvalue weighted by Gasteiger charge is 2.21. The van der Waals surface area contributed by atoms with E-state index in [1.54, 1.807) is 17.4 Å². The molecule has 1 heterocycles. The molecule has 1 N–H and O–H groups in total. The average Bonchev–Trinajstić information content (AvgIpc) is 2.97. The van der Waals surface area contributed by atoms with Gasteiger partial charge in [-0.25, -0.2) is 8.78 Å². The van der Waals surface area contributed by atoms with Crippen LogP contribution in [0.2, 0.25) is 0 Å². The van der Waals surface area contributed by atoms with Crippen LogP contribution in [0.25, 0.3) is 10.1 Å². The first-order chi connectivity index (χ1) is 10.1. The second kappa shape index (κ2) is 5.83. The highest BCUT2D eigenvalue weighted by molar-refractivity contribution is 9.10. The molecule has 3 rings (SSSR count). The molecule has 1 aromatic heterocycles. The third-order valence-corrected chi connectivity index (χ3v) is 5.27. The minimum atomic E-state index is -0.855. The SMILES string of the molecule is CNC(c1ccc(F)c(F)c1Br)c1cccc2ccsc12. The van der Waals surface area contributed by atoms with Crippen LogP contribution in [-0.2, 0) is 0 Å². The Kier molecular flexibility index (Phi) is 4.06. The van der Waals surface area contributed by atoms with Crippen LogP contribution in [0.15, 0.2) is 46.3 Å². The summed E-state index contributed by atoms with van der Waals surface area (Å²) >= 11 is 4.82. The van der Waals surface area contributed by atoms with Crippen molar-refractivity contribution in [3.05, 3.63) is 69.0 Å². The van der Waals surface area contributed by atoms with Gasteiger partial charge < -0.3 is 5.32 Å². The highest BCUT2D eigenvalue weighted by atomic mass is 79.9. The Bertz CT molecular complexity index is 800. The summed E-state index contributed by atoms with van der Waals surface area (Å²) in [5.74, 6) is -1.71. The van der Waals surface area contributed by atoms with Crippen molar-refractivity contribution in [3.8, 4) is 0 Å². The van der Waals surface area contributed by atoms with Gasteiger partial charge in [0.05, 0.1) is 10.5 Å². The van der Waals surface area contributed by atoms with E-state index in [-0.39, 0.29) is 10.5 Å². The summed E-state index contributed by atoms with van der Waals surface area (Å²) in [5.41, 5.74) is 1.73. The van der Waals surface area contributed by atoms with Gasteiger partial charge in [0.2, 0.25) is 0 Å². The zero-order chi connectivity index (χ0) is 15.0. The van der Waals surface area contributed by atoms with E-state index in [1.807, 2.05) is 30.6 Å². The van der Waals surface area contributed by atoms with Gasteiger partial charge in [-0.05, 0) is 57.0 Å². The van der Waals surface area contributed by atoms with Crippen molar-refractivity contribution in [1.82, 2.24) is 5.32 Å². The summed E-state index contributed by atoms with van der Waals surface area (Å²) < 4.78 is 28.4. The van der Waals surface area contributed by atoms with E-state index in [0.717, 1.165) is 21.7 Å². The summed E-state index contributed by atoms with van der Waals surface area (Å²) in [4.78, 5) is 0. The number of hydrogen-bond acceptors (Lipinski definition) is 2. The van der Waals surface area contributed by atoms with Crippen molar-refractivity contribution in [2.45, 2.75) is 6.04 Å². The first-order valence-electron chi connectivity index (χ1n) is 6.40. The first-order valence-corrected chi connectivity index (χ1v) is 8.07. The fourth-order valence-electron chi connectivity index (χ4n) is 2.49. The monoisotopic (exact) mass is 367 g/mol. The Morgan fingerprint density at radius 2 is 1.90 bits per heavy atom. The largest absolute Gasteiger partial charge is 0.309 e. The lowest BCUT2D eigenvalue weighted by Gasteiger charge is -2.20. The van der Waals surface area contributed by atoms with Crippen LogP contribution in [0.1, 0.15) is 17.2 Å². The van der Waals surface area contributed by atoms with Gasteiger partial charge in [0.15, 0.2) is 11.6 Å². The number of fused-ring (bicyclic) bond motifs is 1. The molecule has 1 atom stereocenters. The van der Waals surface area contributed by atoms with E-state index in [4.69, 9.17) is 0 Å². The number of hydrogen-bond donors (Lipinski definition) is 1. The number of benzene rings is 2. The second-order valence-electron chi connectivity index (χ2n) is 4.67. The predicted molar refractivity (Wildman–Crippen MR) is 86.8 cm³/mol. The second-order valence-corrected chi connectivity index (χ2v) is 6.38. The molecule has 1 unspecified atom stereocenters. The molecule has 0 aliphatic heterocycles. The summed E-state index contributed by atoms with van der Waals surface area (Å²) in [7, 11) is 1.81. The Morgan fingerprint density at radius 1 is 1.10 bits per heavy atom. The van der Waals surface area contributed by atoms with Crippen molar-refractivity contribution < 1.29 is 8.78 Å². The molecule has 0 aliphatic carbocycles. The molecule has 0 saturated carbocycles. The number of halogens is 3. The maximum Gasteiger partial charge on any atom is 0.173 e. The average molecular weight is 368 g/mol. The lowest BCUT2D eigenvalue weighted by molar-refractivity contribution is 0.500. The smallest absolute Gasteiger partial charge is 0.173 e. The molecule has 21 heavy (non-hydrogen) atoms. The zero-order valence-electron chi connectivity index (χ0n) is 11.2. The summed E-state index contributed by atoms with van der Waals surface area (Å²) in [6, 6.07) is 10.6.